The van der Waals surface area contributed by atoms with Crippen molar-refractivity contribution >= 4 is 17.3 Å². The number of hydrogen-bond donors (Lipinski definition) is 0. The van der Waals surface area contributed by atoms with Gasteiger partial charge in [0.05, 0.1) is 38.6 Å². The maximum atomic E-state index is 15.4. The quantitative estimate of drug-likeness (QED) is 0.388. The minimum Gasteiger partial charge on any atom is -0.494 e. The summed E-state index contributed by atoms with van der Waals surface area (Å²) in [6, 6.07) is 4.11. The van der Waals surface area contributed by atoms with Crippen LogP contribution in [-0.2, 0) is 16.0 Å². The van der Waals surface area contributed by atoms with Gasteiger partial charge >= 0.3 is 0 Å². The molecule has 0 unspecified atom stereocenters. The van der Waals surface area contributed by atoms with Gasteiger partial charge in [0.1, 0.15) is 22.9 Å². The van der Waals surface area contributed by atoms with E-state index in [2.05, 4.69) is 18.1 Å². The van der Waals surface area contributed by atoms with Gasteiger partial charge in [-0.25, -0.2) is 8.91 Å². The van der Waals surface area contributed by atoms with E-state index in [0.29, 0.717) is 49.3 Å². The first-order valence-electron chi connectivity index (χ1n) is 13.8. The third-order valence-electron chi connectivity index (χ3n) is 7.87. The van der Waals surface area contributed by atoms with Crippen molar-refractivity contribution in [1.82, 2.24) is 34.1 Å². The Morgan fingerprint density at radius 3 is 2.59 bits per heavy atom. The van der Waals surface area contributed by atoms with Crippen LogP contribution in [0, 0.1) is 11.3 Å². The molecule has 3 aromatic heterocycles. The second-order valence-electron chi connectivity index (χ2n) is 10.9. The Morgan fingerprint density at radius 2 is 1.95 bits per heavy atom. The average molecular weight is 563 g/mol. The summed E-state index contributed by atoms with van der Waals surface area (Å²) < 4.78 is 24.6. The maximum absolute atomic E-state index is 15.4. The molecule has 216 valence electrons. The van der Waals surface area contributed by atoms with Crippen molar-refractivity contribution in [3.8, 4) is 22.9 Å². The lowest BCUT2D eigenvalue weighted by Crippen LogP contribution is -2.68. The van der Waals surface area contributed by atoms with Crippen molar-refractivity contribution in [3.63, 3.8) is 0 Å². The Bertz CT molecular complexity index is 1520. The first kappa shape index (κ1) is 28.3. The van der Waals surface area contributed by atoms with Crippen LogP contribution in [0.5, 0.6) is 5.75 Å². The fourth-order valence-electron chi connectivity index (χ4n) is 5.68. The third kappa shape index (κ3) is 5.29. The fourth-order valence-corrected chi connectivity index (χ4v) is 5.68. The molecular weight excluding hydrogens is 527 g/mol. The number of carbonyl (C=O) groups excluding carboxylic acids is 2. The number of methoxy groups -OCH3 is 1. The lowest BCUT2D eigenvalue weighted by molar-refractivity contribution is -0.162. The number of likely N-dealkylation sites (tertiary alicyclic amines) is 2. The van der Waals surface area contributed by atoms with Crippen molar-refractivity contribution in [2.24, 2.45) is 0 Å². The number of halogens is 1. The highest BCUT2D eigenvalue weighted by Crippen LogP contribution is 2.35. The van der Waals surface area contributed by atoms with Gasteiger partial charge in [-0.2, -0.15) is 15.5 Å². The number of hydrogen-bond acceptors (Lipinski definition) is 7. The molecule has 0 aromatic carbocycles. The molecular formula is C29H35FN8O3. The summed E-state index contributed by atoms with van der Waals surface area (Å²) in [5, 5.41) is 18.5. The van der Waals surface area contributed by atoms with Gasteiger partial charge in [-0.1, -0.05) is 13.0 Å². The third-order valence-corrected chi connectivity index (χ3v) is 7.87. The van der Waals surface area contributed by atoms with Crippen molar-refractivity contribution < 1.29 is 18.7 Å². The zero-order valence-electron chi connectivity index (χ0n) is 23.9. The van der Waals surface area contributed by atoms with E-state index in [-0.39, 0.29) is 25.0 Å². The van der Waals surface area contributed by atoms with E-state index in [1.54, 1.807) is 22.6 Å². The number of rotatable bonds is 8. The van der Waals surface area contributed by atoms with Crippen LogP contribution in [0.4, 0.5) is 4.39 Å². The molecule has 5 heterocycles. The van der Waals surface area contributed by atoms with Crippen molar-refractivity contribution in [2.75, 3.05) is 53.9 Å². The maximum Gasteiger partial charge on any atom is 0.264 e. The second kappa shape index (κ2) is 11.3. The zero-order valence-corrected chi connectivity index (χ0v) is 23.9. The summed E-state index contributed by atoms with van der Waals surface area (Å²) >= 11 is 0. The highest BCUT2D eigenvalue weighted by molar-refractivity contribution is 5.93. The summed E-state index contributed by atoms with van der Waals surface area (Å²) in [7, 11) is 5.36. The van der Waals surface area contributed by atoms with E-state index in [4.69, 9.17) is 9.84 Å². The zero-order chi connectivity index (χ0) is 29.3. The van der Waals surface area contributed by atoms with Gasteiger partial charge in [-0.05, 0) is 39.4 Å². The predicted octanol–water partition coefficient (Wildman–Crippen LogP) is 2.47. The number of aromatic nitrogens is 4. The molecule has 0 bridgehead atoms. The Kier molecular flexibility index (Phi) is 7.82. The van der Waals surface area contributed by atoms with Crippen LogP contribution >= 0.6 is 0 Å². The number of amides is 2. The highest BCUT2D eigenvalue weighted by Gasteiger charge is 2.53. The van der Waals surface area contributed by atoms with E-state index >= 15 is 4.39 Å². The lowest BCUT2D eigenvalue weighted by atomic mass is 9.92. The molecule has 0 atom stereocenters. The molecule has 2 saturated heterocycles. The normalized spacial score (nSPS) is 17.3. The number of piperidine rings is 1. The van der Waals surface area contributed by atoms with Gasteiger partial charge in [-0.15, -0.1) is 0 Å². The summed E-state index contributed by atoms with van der Waals surface area (Å²) in [5.41, 5.74) is 1.89. The monoisotopic (exact) mass is 562 g/mol. The summed E-state index contributed by atoms with van der Waals surface area (Å²) in [6.07, 6.45) is 10.4. The molecule has 0 aliphatic carbocycles. The molecule has 0 radical (unpaired) electrons. The number of nitrogens with zero attached hydrogens (tertiary/aromatic N) is 8. The number of carbonyl (C=O) groups is 2. The van der Waals surface area contributed by atoms with Gasteiger partial charge in [0.25, 0.3) is 5.91 Å². The van der Waals surface area contributed by atoms with Crippen LogP contribution in [0.15, 0.2) is 36.8 Å². The molecule has 0 spiro atoms. The lowest BCUT2D eigenvalue weighted by Gasteiger charge is -2.45. The van der Waals surface area contributed by atoms with Gasteiger partial charge < -0.3 is 19.4 Å². The minimum atomic E-state index is -2.03. The first-order valence-corrected chi connectivity index (χ1v) is 13.8. The number of ether oxygens (including phenoxy) is 1. The SMILES string of the molecule is CCc1c(-c2cc(OC)c3c(C#N)cnn3c2)cnn1C1CCN(C(=O)C2(F)CN(C(=O)/C=C/CN(C)C)C2)CC1. The molecule has 3 aromatic rings. The van der Waals surface area contributed by atoms with Gasteiger partial charge in [0.2, 0.25) is 11.6 Å². The molecule has 41 heavy (non-hydrogen) atoms. The van der Waals surface area contributed by atoms with Crippen molar-refractivity contribution in [1.29, 1.82) is 5.26 Å². The van der Waals surface area contributed by atoms with Crippen molar-refractivity contribution in [3.05, 3.63) is 48.1 Å². The predicted molar refractivity (Wildman–Crippen MR) is 150 cm³/mol. The van der Waals surface area contributed by atoms with Crippen LogP contribution in [0.3, 0.4) is 0 Å². The molecule has 5 rings (SSSR count). The van der Waals surface area contributed by atoms with Crippen molar-refractivity contribution in [2.45, 2.75) is 37.9 Å². The smallest absolute Gasteiger partial charge is 0.264 e. The number of alkyl halides is 1. The molecule has 0 N–H and O–H groups in total. The van der Waals surface area contributed by atoms with Gasteiger partial charge in [0.15, 0.2) is 0 Å². The van der Waals surface area contributed by atoms with Gasteiger partial charge in [-0.3, -0.25) is 14.3 Å². The molecule has 12 heteroatoms. The largest absolute Gasteiger partial charge is 0.494 e. The fraction of sp³-hybridized carbons (Fsp3) is 0.483. The number of nitriles is 1. The average Bonchev–Trinajstić information content (AvgIpc) is 3.58. The first-order chi connectivity index (χ1) is 19.7. The second-order valence-corrected chi connectivity index (χ2v) is 10.9. The van der Waals surface area contributed by atoms with E-state index in [9.17, 15) is 14.9 Å². The standard InChI is InChI=1S/C29H35FN8O3/c1-5-24-23(20-13-25(41-4)27-21(14-31)15-32-37(27)17-20)16-33-38(24)22-8-11-35(12-9-22)28(40)29(30)18-36(19-29)26(39)7-6-10-34(2)3/h6-7,13,15-17,22H,5,8-12,18-19H2,1-4H3/b7-6+. The Labute approximate surface area is 238 Å². The van der Waals surface area contributed by atoms with Crippen LogP contribution in [0.25, 0.3) is 16.6 Å². The Morgan fingerprint density at radius 1 is 1.22 bits per heavy atom. The van der Waals surface area contributed by atoms with E-state index in [1.165, 1.54) is 17.2 Å². The van der Waals surface area contributed by atoms with Crippen LogP contribution in [0.2, 0.25) is 0 Å². The van der Waals surface area contributed by atoms with E-state index in [1.807, 2.05) is 42.1 Å². The summed E-state index contributed by atoms with van der Waals surface area (Å²) in [5.74, 6) is -0.257. The number of pyridine rings is 1. The van der Waals surface area contributed by atoms with Gasteiger partial charge in [0, 0.05) is 48.7 Å². The molecule has 2 amide bonds. The topological polar surface area (TPSA) is 112 Å². The number of likely N-dealkylation sites (N-methyl/N-ethyl adjacent to an activating group) is 1. The molecule has 2 aliphatic rings. The minimum absolute atomic E-state index is 0.0696. The Balaban J connectivity index is 1.25. The van der Waals surface area contributed by atoms with E-state index in [0.717, 1.165) is 23.2 Å². The molecule has 2 aliphatic heterocycles. The van der Waals surface area contributed by atoms with Crippen LogP contribution in [0.1, 0.15) is 37.1 Å². The molecule has 2 fully saturated rings. The highest BCUT2D eigenvalue weighted by atomic mass is 19.1. The van der Waals surface area contributed by atoms with E-state index < -0.39 is 11.6 Å². The molecule has 11 nitrogen and oxygen atoms in total. The molecule has 0 saturated carbocycles. The Hall–Kier alpha value is -4.24. The van der Waals surface area contributed by atoms with Crippen LogP contribution in [-0.4, -0.2) is 106 Å². The summed E-state index contributed by atoms with van der Waals surface area (Å²) in [4.78, 5) is 30.2. The summed E-state index contributed by atoms with van der Waals surface area (Å²) in [6.45, 7) is 3.11. The number of fused-ring (bicyclic) bond motifs is 1. The van der Waals surface area contributed by atoms with Crippen LogP contribution < -0.4 is 4.74 Å².